The van der Waals surface area contributed by atoms with Crippen molar-refractivity contribution >= 4 is 44.7 Å². The first kappa shape index (κ1) is 40.1. The highest BCUT2D eigenvalue weighted by molar-refractivity contribution is 8.15. The van der Waals surface area contributed by atoms with Gasteiger partial charge in [-0.2, -0.15) is 0 Å². The minimum Gasteiger partial charge on any atom is -0.308 e. The van der Waals surface area contributed by atoms with Crippen LogP contribution in [0.3, 0.4) is 0 Å². The molecule has 0 atom stereocenters. The molecule has 0 bridgehead atoms. The second kappa shape index (κ2) is 14.2. The topological polar surface area (TPSA) is 6.48 Å². The third-order valence-electron chi connectivity index (χ3n) is 10.8. The molecule has 0 aliphatic carbocycles. The summed E-state index contributed by atoms with van der Waals surface area (Å²) in [5.74, 6) is 0. The fourth-order valence-corrected chi connectivity index (χ4v) is 9.97. The highest BCUT2D eigenvalue weighted by Gasteiger charge is 2.36. The van der Waals surface area contributed by atoms with Crippen molar-refractivity contribution in [3.05, 3.63) is 151 Å². The summed E-state index contributed by atoms with van der Waals surface area (Å²) in [4.78, 5) is 7.58. The number of thioether (sulfide) groups is 2. The number of hydrogen-bond donors (Lipinski definition) is 0. The van der Waals surface area contributed by atoms with E-state index < -0.39 is 0 Å². The largest absolute Gasteiger partial charge is 0.308 e. The molecule has 0 saturated carbocycles. The number of nitrogens with zero attached hydrogens (tertiary/aromatic N) is 2. The van der Waals surface area contributed by atoms with E-state index in [1.807, 2.05) is 23.5 Å². The van der Waals surface area contributed by atoms with Crippen molar-refractivity contribution in [3.63, 3.8) is 0 Å². The van der Waals surface area contributed by atoms with Gasteiger partial charge in [0.25, 0.3) is 0 Å². The molecular weight excluding hydrogens is 693 g/mol. The molecule has 2 nitrogen and oxygen atoms in total. The highest BCUT2D eigenvalue weighted by Crippen LogP contribution is 2.56. The van der Waals surface area contributed by atoms with E-state index in [9.17, 15) is 0 Å². The molecule has 0 N–H and O–H groups in total. The van der Waals surface area contributed by atoms with Crippen molar-refractivity contribution < 1.29 is 0 Å². The first-order valence-corrected chi connectivity index (χ1v) is 21.1. The first-order chi connectivity index (χ1) is 24.9. The van der Waals surface area contributed by atoms with E-state index in [-0.39, 0.29) is 21.7 Å². The van der Waals surface area contributed by atoms with Crippen LogP contribution in [-0.4, -0.2) is 0 Å². The van der Waals surface area contributed by atoms with E-state index in [1.165, 1.54) is 86.9 Å². The summed E-state index contributed by atoms with van der Waals surface area (Å²) < 4.78 is 0. The maximum absolute atomic E-state index is 2.51. The second-order valence-electron chi connectivity index (χ2n) is 19.6. The SMILES string of the molecule is Cc1cccc(C)c1C1=CN(c2cc(C(C)(C)C)cc(C(C)(C)C)c2)/C(=C2\SC(c3c(C)cccc3C)=CN2c2cc(C(C)(C)C)cc(C(C)(C)C)c2)S1. The van der Waals surface area contributed by atoms with Crippen LogP contribution < -0.4 is 9.80 Å². The zero-order valence-corrected chi connectivity index (χ0v) is 37.4. The van der Waals surface area contributed by atoms with Gasteiger partial charge in [0.15, 0.2) is 0 Å². The maximum atomic E-state index is 2.51. The summed E-state index contributed by atoms with van der Waals surface area (Å²) in [5.41, 5.74) is 15.7. The Bertz CT molecular complexity index is 1940. The van der Waals surface area contributed by atoms with E-state index >= 15 is 0 Å². The van der Waals surface area contributed by atoms with Gasteiger partial charge in [0.2, 0.25) is 0 Å². The molecule has 2 aliphatic heterocycles. The number of hydrogen-bond acceptors (Lipinski definition) is 4. The fraction of sp³-hybridized carbons (Fsp3) is 0.400. The van der Waals surface area contributed by atoms with Crippen LogP contribution in [0.15, 0.2) is 95.3 Å². The molecule has 4 aromatic rings. The summed E-state index contributed by atoms with van der Waals surface area (Å²) >= 11 is 3.83. The molecule has 6 rings (SSSR count). The van der Waals surface area contributed by atoms with Crippen LogP contribution in [0.25, 0.3) is 9.81 Å². The van der Waals surface area contributed by atoms with Gasteiger partial charge < -0.3 is 9.80 Å². The third kappa shape index (κ3) is 8.03. The van der Waals surface area contributed by atoms with Crippen molar-refractivity contribution in [2.75, 3.05) is 9.80 Å². The number of anilines is 2. The smallest absolute Gasteiger partial charge is 0.116 e. The monoisotopic (exact) mass is 754 g/mol. The molecule has 0 unspecified atom stereocenters. The lowest BCUT2D eigenvalue weighted by Gasteiger charge is -2.31. The van der Waals surface area contributed by atoms with Gasteiger partial charge in [-0.25, -0.2) is 0 Å². The maximum Gasteiger partial charge on any atom is 0.116 e. The molecule has 2 heterocycles. The highest BCUT2D eigenvalue weighted by atomic mass is 32.2. The Labute approximate surface area is 336 Å². The van der Waals surface area contributed by atoms with Gasteiger partial charge in [-0.1, -0.05) is 155 Å². The number of aryl methyl sites for hydroxylation is 4. The van der Waals surface area contributed by atoms with E-state index in [1.54, 1.807) is 0 Å². The van der Waals surface area contributed by atoms with Crippen molar-refractivity contribution in [2.24, 2.45) is 0 Å². The van der Waals surface area contributed by atoms with Crippen LogP contribution in [0.5, 0.6) is 0 Å². The number of benzene rings is 4. The summed E-state index contributed by atoms with van der Waals surface area (Å²) in [6.07, 6.45) is 4.83. The predicted molar refractivity (Wildman–Crippen MR) is 243 cm³/mol. The second-order valence-corrected chi connectivity index (χ2v) is 21.7. The average molecular weight is 755 g/mol. The van der Waals surface area contributed by atoms with E-state index in [4.69, 9.17) is 0 Å². The predicted octanol–water partition coefficient (Wildman–Crippen LogP) is 15.0. The Hall–Kier alpha value is -3.60. The summed E-state index contributed by atoms with van der Waals surface area (Å²) in [5, 5.41) is 2.47. The van der Waals surface area contributed by atoms with Gasteiger partial charge in [0.1, 0.15) is 10.1 Å². The molecule has 0 amide bonds. The molecule has 0 radical (unpaired) electrons. The quantitative estimate of drug-likeness (QED) is 0.205. The molecule has 0 fully saturated rings. The molecule has 0 spiro atoms. The fourth-order valence-electron chi connectivity index (χ4n) is 7.26. The molecule has 0 aromatic heterocycles. The van der Waals surface area contributed by atoms with E-state index in [0.29, 0.717) is 0 Å². The van der Waals surface area contributed by atoms with E-state index in [2.05, 4.69) is 206 Å². The molecule has 284 valence electrons. The molecule has 0 saturated heterocycles. The first-order valence-electron chi connectivity index (χ1n) is 19.5. The zero-order valence-electron chi connectivity index (χ0n) is 35.8. The minimum absolute atomic E-state index is 0.00266. The van der Waals surface area contributed by atoms with Gasteiger partial charge in [0, 0.05) is 33.6 Å². The Morgan fingerprint density at radius 2 is 0.648 bits per heavy atom. The lowest BCUT2D eigenvalue weighted by atomic mass is 9.80. The van der Waals surface area contributed by atoms with Gasteiger partial charge in [-0.15, -0.1) is 0 Å². The zero-order chi connectivity index (χ0) is 39.7. The standard InChI is InChI=1S/C50H62N2S2/c1-31-19-17-20-32(2)43(31)41-29-51(39-25-35(47(5,6)7)23-36(26-39)48(8,9)10)45(53-41)46-52(30-42(54-46)44-33(3)21-18-22-34(44)4)40-27-37(49(11,12)13)24-38(28-40)50(14,15)16/h17-30H,1-16H3/b46-45+. The van der Waals surface area contributed by atoms with Crippen LogP contribution in [-0.2, 0) is 21.7 Å². The van der Waals surface area contributed by atoms with Crippen LogP contribution in [0.4, 0.5) is 11.4 Å². The van der Waals surface area contributed by atoms with Crippen molar-refractivity contribution in [3.8, 4) is 0 Å². The Balaban J connectivity index is 1.68. The Kier molecular flexibility index (Phi) is 10.5. The van der Waals surface area contributed by atoms with Gasteiger partial charge in [-0.05, 0) is 129 Å². The van der Waals surface area contributed by atoms with Crippen molar-refractivity contribution in [2.45, 2.75) is 132 Å². The van der Waals surface area contributed by atoms with Crippen LogP contribution in [0.2, 0.25) is 0 Å². The molecular formula is C50H62N2S2. The van der Waals surface area contributed by atoms with Crippen LogP contribution >= 0.6 is 23.5 Å². The average Bonchev–Trinajstić information content (AvgIpc) is 3.68. The Morgan fingerprint density at radius 1 is 0.389 bits per heavy atom. The van der Waals surface area contributed by atoms with Crippen LogP contribution in [0.1, 0.15) is 139 Å². The van der Waals surface area contributed by atoms with Gasteiger partial charge >= 0.3 is 0 Å². The van der Waals surface area contributed by atoms with Crippen molar-refractivity contribution in [1.29, 1.82) is 0 Å². The summed E-state index contributed by atoms with van der Waals surface area (Å²) in [7, 11) is 0. The van der Waals surface area contributed by atoms with Gasteiger partial charge in [0.05, 0.1) is 0 Å². The Morgan fingerprint density at radius 3 is 0.889 bits per heavy atom. The lowest BCUT2D eigenvalue weighted by molar-refractivity contribution is 0.568. The normalized spacial score (nSPS) is 17.0. The van der Waals surface area contributed by atoms with Crippen molar-refractivity contribution in [1.82, 2.24) is 0 Å². The molecule has 4 heteroatoms. The molecule has 54 heavy (non-hydrogen) atoms. The summed E-state index contributed by atoms with van der Waals surface area (Å²) in [6.45, 7) is 37.0. The van der Waals surface area contributed by atoms with Crippen LogP contribution in [0, 0.1) is 27.7 Å². The lowest BCUT2D eigenvalue weighted by Crippen LogP contribution is -2.22. The third-order valence-corrected chi connectivity index (χ3v) is 13.2. The van der Waals surface area contributed by atoms with E-state index in [0.717, 1.165) is 0 Å². The van der Waals surface area contributed by atoms with Gasteiger partial charge in [-0.3, -0.25) is 0 Å². The minimum atomic E-state index is -0.00266. The number of rotatable bonds is 4. The molecule has 2 aliphatic rings. The molecule has 4 aromatic carbocycles. The summed E-state index contributed by atoms with van der Waals surface area (Å²) in [6, 6.07) is 27.9.